The van der Waals surface area contributed by atoms with E-state index in [9.17, 15) is 18.0 Å². The number of rotatable bonds is 4. The molecule has 4 nitrogen and oxygen atoms in total. The van der Waals surface area contributed by atoms with Crippen LogP contribution in [0.4, 0.5) is 13.2 Å². The highest BCUT2D eigenvalue weighted by Crippen LogP contribution is 2.29. The van der Waals surface area contributed by atoms with Crippen molar-refractivity contribution in [2.75, 3.05) is 12.4 Å². The van der Waals surface area contributed by atoms with Gasteiger partial charge in [0, 0.05) is 18.2 Å². The number of hydrogen-bond acceptors (Lipinski definition) is 5. The zero-order chi connectivity index (χ0) is 16.4. The molecule has 0 spiro atoms. The minimum absolute atomic E-state index is 0.0268. The molecule has 120 valence electrons. The predicted molar refractivity (Wildman–Crippen MR) is 77.7 cm³/mol. The zero-order valence-electron chi connectivity index (χ0n) is 11.8. The first-order valence-electron chi connectivity index (χ1n) is 6.75. The van der Waals surface area contributed by atoms with Gasteiger partial charge in [0.25, 0.3) is 0 Å². The number of benzene rings is 1. The van der Waals surface area contributed by atoms with Crippen LogP contribution in [0.3, 0.4) is 0 Å². The van der Waals surface area contributed by atoms with Gasteiger partial charge in [0.05, 0.1) is 12.4 Å². The summed E-state index contributed by atoms with van der Waals surface area (Å²) in [5.41, 5.74) is 0.460. The van der Waals surface area contributed by atoms with Gasteiger partial charge in [-0.2, -0.15) is 13.2 Å². The highest BCUT2D eigenvalue weighted by molar-refractivity contribution is 7.99. The third-order valence-electron chi connectivity index (χ3n) is 3.27. The third kappa shape index (κ3) is 3.64. The number of thioether (sulfide) groups is 1. The summed E-state index contributed by atoms with van der Waals surface area (Å²) in [5.74, 6) is 0.558. The Labute approximate surface area is 134 Å². The van der Waals surface area contributed by atoms with Gasteiger partial charge in [0.1, 0.15) is 11.4 Å². The van der Waals surface area contributed by atoms with E-state index in [1.165, 1.54) is 0 Å². The molecule has 1 aromatic carbocycles. The number of hydrogen-bond donors (Lipinski definition) is 0. The Hall–Kier alpha value is -2.09. The van der Waals surface area contributed by atoms with Crippen LogP contribution in [0, 0.1) is 0 Å². The largest absolute Gasteiger partial charge is 0.493 e. The van der Waals surface area contributed by atoms with E-state index in [0.29, 0.717) is 12.2 Å². The quantitative estimate of drug-likeness (QED) is 0.485. The Balaban J connectivity index is 1.67. The van der Waals surface area contributed by atoms with E-state index in [1.54, 1.807) is 18.2 Å². The van der Waals surface area contributed by atoms with Gasteiger partial charge in [-0.1, -0.05) is 11.8 Å². The zero-order valence-corrected chi connectivity index (χ0v) is 12.6. The molecule has 1 aromatic heterocycles. The van der Waals surface area contributed by atoms with E-state index in [-0.39, 0.29) is 16.7 Å². The monoisotopic (exact) mass is 340 g/mol. The maximum absolute atomic E-state index is 12.6. The fraction of sp³-hybridized carbons (Fsp3) is 0.267. The Bertz CT molecular complexity index is 750. The molecule has 3 rings (SSSR count). The van der Waals surface area contributed by atoms with Crippen molar-refractivity contribution in [1.29, 1.82) is 0 Å². The lowest BCUT2D eigenvalue weighted by molar-refractivity contribution is -0.141. The summed E-state index contributed by atoms with van der Waals surface area (Å²) in [7, 11) is 0. The number of nitrogens with zero attached hydrogens (tertiary/aromatic N) is 2. The van der Waals surface area contributed by atoms with Crippen molar-refractivity contribution < 1.29 is 22.7 Å². The van der Waals surface area contributed by atoms with E-state index >= 15 is 0 Å². The molecule has 0 radical (unpaired) electrons. The van der Waals surface area contributed by atoms with Crippen LogP contribution >= 0.6 is 11.8 Å². The molecule has 0 bridgehead atoms. The molecule has 2 heterocycles. The van der Waals surface area contributed by atoms with Gasteiger partial charge in [-0.25, -0.2) is 9.97 Å². The molecule has 0 unspecified atom stereocenters. The predicted octanol–water partition coefficient (Wildman–Crippen LogP) is 3.41. The minimum atomic E-state index is -4.53. The lowest BCUT2D eigenvalue weighted by Crippen LogP contribution is -2.09. The normalized spacial score (nSPS) is 13.5. The Morgan fingerprint density at radius 3 is 2.91 bits per heavy atom. The highest BCUT2D eigenvalue weighted by atomic mass is 32.2. The van der Waals surface area contributed by atoms with E-state index in [1.807, 2.05) is 0 Å². The summed E-state index contributed by atoms with van der Waals surface area (Å²) in [6.45, 7) is 0.597. The molecule has 8 heteroatoms. The lowest BCUT2D eigenvalue weighted by atomic mass is 10.1. The van der Waals surface area contributed by atoms with E-state index < -0.39 is 11.9 Å². The maximum Gasteiger partial charge on any atom is 0.433 e. The van der Waals surface area contributed by atoms with Crippen molar-refractivity contribution in [3.8, 4) is 5.75 Å². The van der Waals surface area contributed by atoms with Gasteiger partial charge in [-0.05, 0) is 29.8 Å². The van der Waals surface area contributed by atoms with Gasteiger partial charge in [-0.3, -0.25) is 4.79 Å². The van der Waals surface area contributed by atoms with Gasteiger partial charge in [0.15, 0.2) is 10.9 Å². The van der Waals surface area contributed by atoms with Crippen LogP contribution in [-0.2, 0) is 12.6 Å². The Kier molecular flexibility index (Phi) is 4.25. The molecule has 0 N–H and O–H groups in total. The van der Waals surface area contributed by atoms with Crippen LogP contribution in [0.2, 0.25) is 0 Å². The molecule has 0 saturated heterocycles. The second-order valence-corrected chi connectivity index (χ2v) is 5.80. The summed E-state index contributed by atoms with van der Waals surface area (Å²) >= 11 is 0.884. The molecule has 23 heavy (non-hydrogen) atoms. The minimum Gasteiger partial charge on any atom is -0.493 e. The van der Waals surface area contributed by atoms with E-state index in [0.717, 1.165) is 41.8 Å². The van der Waals surface area contributed by atoms with Gasteiger partial charge >= 0.3 is 6.18 Å². The maximum atomic E-state index is 12.6. The van der Waals surface area contributed by atoms with E-state index in [4.69, 9.17) is 4.74 Å². The fourth-order valence-electron chi connectivity index (χ4n) is 2.14. The van der Waals surface area contributed by atoms with Crippen molar-refractivity contribution in [3.63, 3.8) is 0 Å². The average Bonchev–Trinajstić information content (AvgIpc) is 2.99. The van der Waals surface area contributed by atoms with Crippen molar-refractivity contribution in [1.82, 2.24) is 9.97 Å². The Morgan fingerprint density at radius 2 is 2.13 bits per heavy atom. The first-order chi connectivity index (χ1) is 10.9. The van der Waals surface area contributed by atoms with Crippen LogP contribution in [-0.4, -0.2) is 28.1 Å². The standard InChI is InChI=1S/C15H11F3N2O2S/c16-15(17,18)13-3-5-19-14(20-13)23-8-11(21)9-1-2-12-10(7-9)4-6-22-12/h1-3,5,7H,4,6,8H2. The topological polar surface area (TPSA) is 52.1 Å². The van der Waals surface area contributed by atoms with Crippen LogP contribution in [0.1, 0.15) is 21.6 Å². The molecule has 1 aliphatic rings. The van der Waals surface area contributed by atoms with Gasteiger partial charge < -0.3 is 4.74 Å². The van der Waals surface area contributed by atoms with Gasteiger partial charge in [-0.15, -0.1) is 0 Å². The number of carbonyl (C=O) groups excluding carboxylic acids is 1. The number of carbonyl (C=O) groups is 1. The second kappa shape index (κ2) is 6.19. The van der Waals surface area contributed by atoms with Crippen LogP contribution in [0.5, 0.6) is 5.75 Å². The molecule has 0 fully saturated rings. The number of aromatic nitrogens is 2. The number of halogens is 3. The number of fused-ring (bicyclic) bond motifs is 1. The van der Waals surface area contributed by atoms with Crippen LogP contribution in [0.25, 0.3) is 0 Å². The molecular formula is C15H11F3N2O2S. The molecule has 0 saturated carbocycles. The summed E-state index contributed by atoms with van der Waals surface area (Å²) < 4.78 is 43.1. The molecule has 0 amide bonds. The SMILES string of the molecule is O=C(CSc1nccc(C(F)(F)F)n1)c1ccc2c(c1)CCO2. The van der Waals surface area contributed by atoms with Gasteiger partial charge in [0.2, 0.25) is 0 Å². The number of ketones is 1. The molecule has 1 aliphatic heterocycles. The lowest BCUT2D eigenvalue weighted by Gasteiger charge is -2.06. The first kappa shape index (κ1) is 15.8. The molecule has 2 aromatic rings. The van der Waals surface area contributed by atoms with Crippen LogP contribution < -0.4 is 4.74 Å². The summed E-state index contributed by atoms with van der Waals surface area (Å²) in [6, 6.07) is 5.95. The van der Waals surface area contributed by atoms with Crippen LogP contribution in [0.15, 0.2) is 35.6 Å². The molecule has 0 aliphatic carbocycles. The molecular weight excluding hydrogens is 329 g/mol. The van der Waals surface area contributed by atoms with Crippen molar-refractivity contribution in [2.45, 2.75) is 17.8 Å². The van der Waals surface area contributed by atoms with Crippen molar-refractivity contribution >= 4 is 17.5 Å². The summed E-state index contributed by atoms with van der Waals surface area (Å²) in [6.07, 6.45) is -2.74. The fourth-order valence-corrected chi connectivity index (χ4v) is 2.87. The first-order valence-corrected chi connectivity index (χ1v) is 7.74. The highest BCUT2D eigenvalue weighted by Gasteiger charge is 2.32. The van der Waals surface area contributed by atoms with Crippen molar-refractivity contribution in [3.05, 3.63) is 47.3 Å². The average molecular weight is 340 g/mol. The number of ether oxygens (including phenoxy) is 1. The molecule has 0 atom stereocenters. The summed E-state index contributed by atoms with van der Waals surface area (Å²) in [4.78, 5) is 19.3. The Morgan fingerprint density at radius 1 is 1.30 bits per heavy atom. The summed E-state index contributed by atoms with van der Waals surface area (Å²) in [5, 5.41) is -0.0716. The second-order valence-electron chi connectivity index (χ2n) is 4.86. The third-order valence-corrected chi connectivity index (χ3v) is 4.13. The number of alkyl halides is 3. The smallest absolute Gasteiger partial charge is 0.433 e. The van der Waals surface area contributed by atoms with Crippen molar-refractivity contribution in [2.24, 2.45) is 0 Å². The van der Waals surface area contributed by atoms with E-state index in [2.05, 4.69) is 9.97 Å². The number of Topliss-reactive ketones (excluding diaryl/α,β-unsaturated/α-hetero) is 1.